The first-order chi connectivity index (χ1) is 10.2. The molecule has 4 rings (SSSR count). The number of nitrogens with zero attached hydrogens (tertiary/aromatic N) is 5. The SMILES string of the molecule is OC[C@@H]1O[C@@H](n2cnc3c2ncn2ccnc32)[C@H](O)[C@@H]1O. The second-order valence-corrected chi connectivity index (χ2v) is 4.96. The Morgan fingerprint density at radius 1 is 1.10 bits per heavy atom. The molecule has 0 spiro atoms. The molecule has 4 atom stereocenters. The van der Waals surface area contributed by atoms with Crippen molar-refractivity contribution >= 4 is 16.8 Å². The Bertz CT molecular complexity index is 799. The van der Waals surface area contributed by atoms with Crippen LogP contribution in [0.2, 0.25) is 0 Å². The molecule has 4 heterocycles. The lowest BCUT2D eigenvalue weighted by molar-refractivity contribution is -0.0511. The normalized spacial score (nSPS) is 29.7. The number of hydrogen-bond acceptors (Lipinski definition) is 7. The standard InChI is InChI=1S/C12H13N5O4/c18-3-6-8(19)9(20)12(21-6)17-5-14-7-10-13-1-2-16(10)4-15-11(7)17/h1-2,4-6,8-9,12,18-20H,3H2/t6-,8+,9+,12+/m0/s1. The van der Waals surface area contributed by atoms with E-state index in [1.54, 1.807) is 23.1 Å². The number of rotatable bonds is 2. The van der Waals surface area contributed by atoms with E-state index in [9.17, 15) is 10.2 Å². The summed E-state index contributed by atoms with van der Waals surface area (Å²) in [7, 11) is 0. The first-order valence-corrected chi connectivity index (χ1v) is 6.47. The van der Waals surface area contributed by atoms with Gasteiger partial charge in [-0.1, -0.05) is 0 Å². The number of ether oxygens (including phenoxy) is 1. The molecule has 1 fully saturated rings. The van der Waals surface area contributed by atoms with Gasteiger partial charge in [-0.05, 0) is 0 Å². The number of hydrogen-bond donors (Lipinski definition) is 3. The molecule has 9 nitrogen and oxygen atoms in total. The first-order valence-electron chi connectivity index (χ1n) is 6.47. The summed E-state index contributed by atoms with van der Waals surface area (Å²) in [6.07, 6.45) is 2.45. The van der Waals surface area contributed by atoms with Crippen LogP contribution in [-0.4, -0.2) is 64.2 Å². The van der Waals surface area contributed by atoms with Gasteiger partial charge in [0.05, 0.1) is 12.9 Å². The van der Waals surface area contributed by atoms with Crippen molar-refractivity contribution in [1.29, 1.82) is 0 Å². The van der Waals surface area contributed by atoms with Crippen LogP contribution in [0.15, 0.2) is 25.0 Å². The fourth-order valence-electron chi connectivity index (χ4n) is 2.64. The van der Waals surface area contributed by atoms with Crippen LogP contribution in [0.1, 0.15) is 6.23 Å². The maximum atomic E-state index is 10.1. The molecule has 0 aromatic carbocycles. The van der Waals surface area contributed by atoms with Crippen LogP contribution in [-0.2, 0) is 4.74 Å². The number of imidazole rings is 2. The summed E-state index contributed by atoms with van der Waals surface area (Å²) in [6.45, 7) is -0.376. The van der Waals surface area contributed by atoms with Crippen molar-refractivity contribution in [3.63, 3.8) is 0 Å². The van der Waals surface area contributed by atoms with Crippen molar-refractivity contribution < 1.29 is 20.1 Å². The molecule has 1 saturated heterocycles. The Labute approximate surface area is 118 Å². The largest absolute Gasteiger partial charge is 0.394 e. The summed E-state index contributed by atoms with van der Waals surface area (Å²) in [6, 6.07) is 0. The summed E-state index contributed by atoms with van der Waals surface area (Å²) in [5, 5.41) is 29.1. The molecule has 0 bridgehead atoms. The minimum absolute atomic E-state index is 0.376. The van der Waals surface area contributed by atoms with Gasteiger partial charge in [-0.2, -0.15) is 0 Å². The molecule has 21 heavy (non-hydrogen) atoms. The van der Waals surface area contributed by atoms with E-state index in [1.807, 2.05) is 0 Å². The molecule has 9 heteroatoms. The third-order valence-electron chi connectivity index (χ3n) is 3.74. The van der Waals surface area contributed by atoms with Gasteiger partial charge >= 0.3 is 0 Å². The molecular formula is C12H13N5O4. The Kier molecular flexibility index (Phi) is 2.69. The van der Waals surface area contributed by atoms with Gasteiger partial charge in [0, 0.05) is 12.4 Å². The smallest absolute Gasteiger partial charge is 0.167 e. The van der Waals surface area contributed by atoms with Crippen LogP contribution in [0.25, 0.3) is 16.8 Å². The van der Waals surface area contributed by atoms with Crippen molar-refractivity contribution in [1.82, 2.24) is 23.9 Å². The van der Waals surface area contributed by atoms with E-state index in [2.05, 4.69) is 15.0 Å². The van der Waals surface area contributed by atoms with Crippen molar-refractivity contribution in [3.05, 3.63) is 25.0 Å². The summed E-state index contributed by atoms with van der Waals surface area (Å²) in [5.74, 6) is 0. The topological polar surface area (TPSA) is 118 Å². The highest BCUT2D eigenvalue weighted by Gasteiger charge is 2.43. The summed E-state index contributed by atoms with van der Waals surface area (Å²) in [4.78, 5) is 12.7. The van der Waals surface area contributed by atoms with E-state index in [0.717, 1.165) is 0 Å². The molecular weight excluding hydrogens is 278 g/mol. The van der Waals surface area contributed by atoms with Gasteiger partial charge in [0.1, 0.15) is 24.6 Å². The molecule has 110 valence electrons. The van der Waals surface area contributed by atoms with Gasteiger partial charge in [0.2, 0.25) is 0 Å². The molecule has 1 aliphatic heterocycles. The minimum atomic E-state index is -1.17. The monoisotopic (exact) mass is 291 g/mol. The van der Waals surface area contributed by atoms with E-state index in [1.165, 1.54) is 10.9 Å². The van der Waals surface area contributed by atoms with E-state index >= 15 is 0 Å². The number of aliphatic hydroxyl groups excluding tert-OH is 3. The van der Waals surface area contributed by atoms with E-state index in [0.29, 0.717) is 16.8 Å². The summed E-state index contributed by atoms with van der Waals surface area (Å²) in [5.41, 5.74) is 1.70. The summed E-state index contributed by atoms with van der Waals surface area (Å²) < 4.78 is 8.76. The number of aromatic nitrogens is 5. The van der Waals surface area contributed by atoms with Crippen molar-refractivity contribution in [2.45, 2.75) is 24.5 Å². The molecule has 1 aliphatic rings. The molecule has 0 aliphatic carbocycles. The van der Waals surface area contributed by atoms with Crippen LogP contribution in [0.3, 0.4) is 0 Å². The van der Waals surface area contributed by atoms with Gasteiger partial charge in [-0.15, -0.1) is 0 Å². The molecule has 3 N–H and O–H groups in total. The quantitative estimate of drug-likeness (QED) is 0.536. The zero-order valence-electron chi connectivity index (χ0n) is 10.8. The molecule has 0 unspecified atom stereocenters. The van der Waals surface area contributed by atoms with E-state index < -0.39 is 24.5 Å². The number of fused-ring (bicyclic) bond motifs is 3. The lowest BCUT2D eigenvalue weighted by Gasteiger charge is -2.16. The maximum absolute atomic E-state index is 10.1. The maximum Gasteiger partial charge on any atom is 0.167 e. The molecule has 0 amide bonds. The lowest BCUT2D eigenvalue weighted by atomic mass is 10.1. The highest BCUT2D eigenvalue weighted by molar-refractivity contribution is 5.85. The highest BCUT2D eigenvalue weighted by atomic mass is 16.6. The number of aliphatic hydroxyl groups is 3. The Morgan fingerprint density at radius 2 is 1.95 bits per heavy atom. The van der Waals surface area contributed by atoms with Gasteiger partial charge < -0.3 is 20.1 Å². The first kappa shape index (κ1) is 12.7. The van der Waals surface area contributed by atoms with Crippen LogP contribution >= 0.6 is 0 Å². The predicted molar refractivity (Wildman–Crippen MR) is 69.3 cm³/mol. The second kappa shape index (κ2) is 4.46. The third kappa shape index (κ3) is 1.69. The minimum Gasteiger partial charge on any atom is -0.394 e. The fourth-order valence-corrected chi connectivity index (χ4v) is 2.64. The average Bonchev–Trinajstić information content (AvgIpc) is 3.17. The van der Waals surface area contributed by atoms with Crippen LogP contribution in [0, 0.1) is 0 Å². The Hall–Kier alpha value is -2.07. The van der Waals surface area contributed by atoms with E-state index in [-0.39, 0.29) is 6.61 Å². The van der Waals surface area contributed by atoms with Crippen LogP contribution in [0.5, 0.6) is 0 Å². The van der Waals surface area contributed by atoms with Crippen LogP contribution in [0.4, 0.5) is 0 Å². The van der Waals surface area contributed by atoms with Crippen molar-refractivity contribution in [3.8, 4) is 0 Å². The molecule has 3 aromatic heterocycles. The van der Waals surface area contributed by atoms with Crippen LogP contribution < -0.4 is 0 Å². The Balaban J connectivity index is 1.84. The fraction of sp³-hybridized carbons (Fsp3) is 0.417. The van der Waals surface area contributed by atoms with Gasteiger partial charge in [-0.3, -0.25) is 8.97 Å². The molecule has 0 saturated carbocycles. The Morgan fingerprint density at radius 3 is 2.71 bits per heavy atom. The molecule has 3 aromatic rings. The summed E-state index contributed by atoms with van der Waals surface area (Å²) >= 11 is 0. The van der Waals surface area contributed by atoms with Gasteiger partial charge in [0.25, 0.3) is 0 Å². The predicted octanol–water partition coefficient (Wildman–Crippen LogP) is -1.31. The zero-order valence-corrected chi connectivity index (χ0v) is 10.8. The molecule has 0 radical (unpaired) electrons. The van der Waals surface area contributed by atoms with Gasteiger partial charge in [0.15, 0.2) is 23.0 Å². The van der Waals surface area contributed by atoms with Gasteiger partial charge in [-0.25, -0.2) is 15.0 Å². The van der Waals surface area contributed by atoms with Crippen molar-refractivity contribution in [2.24, 2.45) is 0 Å². The zero-order chi connectivity index (χ0) is 14.6. The highest BCUT2D eigenvalue weighted by Crippen LogP contribution is 2.31. The van der Waals surface area contributed by atoms with E-state index in [4.69, 9.17) is 9.84 Å². The third-order valence-corrected chi connectivity index (χ3v) is 3.74. The second-order valence-electron chi connectivity index (χ2n) is 4.96. The average molecular weight is 291 g/mol. The lowest BCUT2D eigenvalue weighted by Crippen LogP contribution is -2.33. The van der Waals surface area contributed by atoms with Crippen molar-refractivity contribution in [2.75, 3.05) is 6.61 Å².